The predicted octanol–water partition coefficient (Wildman–Crippen LogP) is 0.275. The number of amides is 1. The molecule has 2 heterocycles. The lowest BCUT2D eigenvalue weighted by Gasteiger charge is -2.41. The summed E-state index contributed by atoms with van der Waals surface area (Å²) in [7, 11) is 0. The zero-order valence-corrected chi connectivity index (χ0v) is 12.8. The molecule has 2 unspecified atom stereocenters. The van der Waals surface area contributed by atoms with Crippen LogP contribution in [-0.2, 0) is 4.79 Å². The van der Waals surface area contributed by atoms with E-state index in [4.69, 9.17) is 5.73 Å². The number of likely N-dealkylation sites (tertiary alicyclic amines) is 2. The van der Waals surface area contributed by atoms with Gasteiger partial charge in [0.15, 0.2) is 0 Å². The van der Waals surface area contributed by atoms with Crippen LogP contribution in [0.15, 0.2) is 0 Å². The van der Waals surface area contributed by atoms with E-state index >= 15 is 0 Å². The molecule has 5 nitrogen and oxygen atoms in total. The Morgan fingerprint density at radius 1 is 1.20 bits per heavy atom. The lowest BCUT2D eigenvalue weighted by atomic mass is 9.88. The van der Waals surface area contributed by atoms with Crippen LogP contribution in [0, 0.1) is 11.8 Å². The monoisotopic (exact) mass is 283 g/mol. The van der Waals surface area contributed by atoms with Crippen molar-refractivity contribution in [2.24, 2.45) is 17.6 Å². The molecule has 0 spiro atoms. The SMILES string of the molecule is C[C@@H]1CN(CCN2CCCCC2C(N)=O)C[C@H](C)C1O. The topological polar surface area (TPSA) is 69.8 Å². The summed E-state index contributed by atoms with van der Waals surface area (Å²) >= 11 is 0. The molecule has 0 saturated carbocycles. The van der Waals surface area contributed by atoms with Crippen molar-refractivity contribution in [3.05, 3.63) is 0 Å². The first-order valence-corrected chi connectivity index (χ1v) is 7.93. The number of rotatable bonds is 4. The van der Waals surface area contributed by atoms with Gasteiger partial charge in [0.1, 0.15) is 0 Å². The number of aliphatic hydroxyl groups is 1. The van der Waals surface area contributed by atoms with E-state index in [0.717, 1.165) is 52.0 Å². The van der Waals surface area contributed by atoms with E-state index in [-0.39, 0.29) is 18.1 Å². The van der Waals surface area contributed by atoms with Gasteiger partial charge in [-0.3, -0.25) is 9.69 Å². The highest BCUT2D eigenvalue weighted by Gasteiger charge is 2.31. The average Bonchev–Trinajstić information content (AvgIpc) is 2.42. The third-order valence-corrected chi connectivity index (χ3v) is 4.90. The molecule has 0 bridgehead atoms. The van der Waals surface area contributed by atoms with E-state index in [1.165, 1.54) is 0 Å². The van der Waals surface area contributed by atoms with Crippen LogP contribution in [0.2, 0.25) is 0 Å². The number of aliphatic hydroxyl groups excluding tert-OH is 1. The summed E-state index contributed by atoms with van der Waals surface area (Å²) in [5, 5.41) is 10.00. The van der Waals surface area contributed by atoms with Gasteiger partial charge in [0.2, 0.25) is 5.91 Å². The van der Waals surface area contributed by atoms with Crippen molar-refractivity contribution in [2.45, 2.75) is 45.3 Å². The van der Waals surface area contributed by atoms with Gasteiger partial charge in [-0.1, -0.05) is 20.3 Å². The Hall–Kier alpha value is -0.650. The minimum Gasteiger partial charge on any atom is -0.392 e. The van der Waals surface area contributed by atoms with Crippen LogP contribution in [0.3, 0.4) is 0 Å². The molecule has 0 aliphatic carbocycles. The third-order valence-electron chi connectivity index (χ3n) is 4.90. The molecule has 0 aromatic heterocycles. The van der Waals surface area contributed by atoms with Crippen LogP contribution >= 0.6 is 0 Å². The molecule has 0 radical (unpaired) electrons. The Labute approximate surface area is 122 Å². The third kappa shape index (κ3) is 3.71. The zero-order valence-electron chi connectivity index (χ0n) is 12.8. The first-order chi connectivity index (χ1) is 9.49. The highest BCUT2D eigenvalue weighted by atomic mass is 16.3. The van der Waals surface area contributed by atoms with E-state index < -0.39 is 0 Å². The standard InChI is InChI=1S/C15H29N3O2/c1-11-9-17(10-12(2)14(11)19)7-8-18-6-4-3-5-13(18)15(16)20/h11-14,19H,3-10H2,1-2H3,(H2,16,20)/t11-,12+,13?,14?. The Balaban J connectivity index is 1.83. The highest BCUT2D eigenvalue weighted by Crippen LogP contribution is 2.22. The number of carbonyl (C=O) groups excluding carboxylic acids is 1. The summed E-state index contributed by atoms with van der Waals surface area (Å²) in [6.45, 7) is 8.96. The summed E-state index contributed by atoms with van der Waals surface area (Å²) in [6, 6.07) is -0.0750. The highest BCUT2D eigenvalue weighted by molar-refractivity contribution is 5.79. The second kappa shape index (κ2) is 6.87. The molecule has 116 valence electrons. The average molecular weight is 283 g/mol. The molecule has 2 aliphatic heterocycles. The van der Waals surface area contributed by atoms with Gasteiger partial charge >= 0.3 is 0 Å². The van der Waals surface area contributed by atoms with Gasteiger partial charge in [-0.05, 0) is 31.2 Å². The van der Waals surface area contributed by atoms with Gasteiger partial charge in [0, 0.05) is 26.2 Å². The van der Waals surface area contributed by atoms with Crippen molar-refractivity contribution in [1.82, 2.24) is 9.80 Å². The Morgan fingerprint density at radius 2 is 1.85 bits per heavy atom. The van der Waals surface area contributed by atoms with Crippen molar-refractivity contribution in [3.8, 4) is 0 Å². The fourth-order valence-electron chi connectivity index (χ4n) is 3.70. The summed E-state index contributed by atoms with van der Waals surface area (Å²) in [5.74, 6) is 0.472. The Bertz CT molecular complexity index is 325. The maximum Gasteiger partial charge on any atom is 0.234 e. The smallest absolute Gasteiger partial charge is 0.234 e. The molecule has 0 aromatic carbocycles. The molecule has 20 heavy (non-hydrogen) atoms. The van der Waals surface area contributed by atoms with Crippen molar-refractivity contribution < 1.29 is 9.90 Å². The lowest BCUT2D eigenvalue weighted by molar-refractivity contribution is -0.124. The lowest BCUT2D eigenvalue weighted by Crippen LogP contribution is -2.53. The maximum absolute atomic E-state index is 11.5. The van der Waals surface area contributed by atoms with Crippen LogP contribution in [0.1, 0.15) is 33.1 Å². The van der Waals surface area contributed by atoms with Gasteiger partial charge in [-0.15, -0.1) is 0 Å². The van der Waals surface area contributed by atoms with Gasteiger partial charge in [-0.25, -0.2) is 0 Å². The molecular formula is C15H29N3O2. The largest absolute Gasteiger partial charge is 0.392 e. The number of hydrogen-bond acceptors (Lipinski definition) is 4. The van der Waals surface area contributed by atoms with Gasteiger partial charge < -0.3 is 15.7 Å². The quantitative estimate of drug-likeness (QED) is 0.777. The fraction of sp³-hybridized carbons (Fsp3) is 0.933. The molecule has 2 aliphatic rings. The van der Waals surface area contributed by atoms with Crippen LogP contribution < -0.4 is 5.73 Å². The number of nitrogens with zero attached hydrogens (tertiary/aromatic N) is 2. The van der Waals surface area contributed by atoms with Gasteiger partial charge in [-0.2, -0.15) is 0 Å². The van der Waals surface area contributed by atoms with Crippen LogP contribution in [-0.4, -0.2) is 65.7 Å². The van der Waals surface area contributed by atoms with Crippen LogP contribution in [0.4, 0.5) is 0 Å². The van der Waals surface area contributed by atoms with Crippen LogP contribution in [0.5, 0.6) is 0 Å². The van der Waals surface area contributed by atoms with E-state index in [1.807, 2.05) is 0 Å². The Kier molecular flexibility index (Phi) is 5.41. The number of nitrogens with two attached hydrogens (primary N) is 1. The number of carbonyl (C=O) groups is 1. The molecule has 2 saturated heterocycles. The molecule has 2 rings (SSSR count). The van der Waals surface area contributed by atoms with E-state index in [2.05, 4.69) is 23.6 Å². The number of piperidine rings is 2. The van der Waals surface area contributed by atoms with Gasteiger partial charge in [0.05, 0.1) is 12.1 Å². The fourth-order valence-corrected chi connectivity index (χ4v) is 3.70. The first-order valence-electron chi connectivity index (χ1n) is 7.93. The van der Waals surface area contributed by atoms with E-state index in [9.17, 15) is 9.90 Å². The first kappa shape index (κ1) is 15.7. The normalized spacial score (nSPS) is 37.0. The molecule has 1 amide bonds. The molecule has 4 atom stereocenters. The van der Waals surface area contributed by atoms with Crippen molar-refractivity contribution in [2.75, 3.05) is 32.7 Å². The van der Waals surface area contributed by atoms with Crippen molar-refractivity contribution >= 4 is 5.91 Å². The van der Waals surface area contributed by atoms with Gasteiger partial charge in [0.25, 0.3) is 0 Å². The summed E-state index contributed by atoms with van der Waals surface area (Å²) in [6.07, 6.45) is 2.99. The van der Waals surface area contributed by atoms with Crippen molar-refractivity contribution in [3.63, 3.8) is 0 Å². The molecular weight excluding hydrogens is 254 g/mol. The molecule has 0 aromatic rings. The second-order valence-electron chi connectivity index (χ2n) is 6.65. The predicted molar refractivity (Wildman–Crippen MR) is 79.2 cm³/mol. The number of primary amides is 1. The molecule has 3 N–H and O–H groups in total. The van der Waals surface area contributed by atoms with Crippen LogP contribution in [0.25, 0.3) is 0 Å². The zero-order chi connectivity index (χ0) is 14.7. The number of hydrogen-bond donors (Lipinski definition) is 2. The Morgan fingerprint density at radius 3 is 2.45 bits per heavy atom. The van der Waals surface area contributed by atoms with Crippen molar-refractivity contribution in [1.29, 1.82) is 0 Å². The summed E-state index contributed by atoms with van der Waals surface area (Å²) in [4.78, 5) is 16.2. The summed E-state index contributed by atoms with van der Waals surface area (Å²) < 4.78 is 0. The minimum absolute atomic E-state index is 0.0750. The molecule has 2 fully saturated rings. The molecule has 5 heteroatoms. The second-order valence-corrected chi connectivity index (χ2v) is 6.65. The van der Waals surface area contributed by atoms with E-state index in [0.29, 0.717) is 11.8 Å². The summed E-state index contributed by atoms with van der Waals surface area (Å²) in [5.41, 5.74) is 5.50. The minimum atomic E-state index is -0.181. The maximum atomic E-state index is 11.5. The van der Waals surface area contributed by atoms with E-state index in [1.54, 1.807) is 0 Å².